The minimum atomic E-state index is 0.549. The first-order valence-corrected chi connectivity index (χ1v) is 11.3. The second-order valence-corrected chi connectivity index (χ2v) is 8.88. The summed E-state index contributed by atoms with van der Waals surface area (Å²) in [6, 6.07) is 17.7. The Balaban J connectivity index is 1.38. The molecule has 1 nitrogen and oxygen atoms in total. The molecular weight excluding hydrogens is 352 g/mol. The fourth-order valence-corrected chi connectivity index (χ4v) is 5.52. The summed E-state index contributed by atoms with van der Waals surface area (Å²) in [7, 11) is 0. The van der Waals surface area contributed by atoms with Gasteiger partial charge in [0.1, 0.15) is 12.4 Å². The zero-order valence-electron chi connectivity index (χ0n) is 17.7. The summed E-state index contributed by atoms with van der Waals surface area (Å²) >= 11 is 0. The molecule has 0 amide bonds. The highest BCUT2D eigenvalue weighted by molar-refractivity contribution is 5.64. The van der Waals surface area contributed by atoms with Crippen LogP contribution in [0.3, 0.4) is 0 Å². The van der Waals surface area contributed by atoms with Crippen LogP contribution in [0.2, 0.25) is 0 Å². The van der Waals surface area contributed by atoms with Crippen molar-refractivity contribution in [3.63, 3.8) is 0 Å². The Morgan fingerprint density at radius 2 is 1.52 bits per heavy atom. The molecule has 2 aromatic rings. The molecule has 4 unspecified atom stereocenters. The molecule has 0 saturated heterocycles. The average Bonchev–Trinajstić information content (AvgIpc) is 2.78. The van der Waals surface area contributed by atoms with Crippen LogP contribution in [0.25, 0.3) is 11.1 Å². The van der Waals surface area contributed by atoms with E-state index in [2.05, 4.69) is 62.1 Å². The van der Waals surface area contributed by atoms with Crippen molar-refractivity contribution in [3.05, 3.63) is 78.9 Å². The SMILES string of the molecule is C=CCOc1ccc(-c2ccc(C3CCC4CC(/C=C/C)CCC4C3)cc2)cc1. The van der Waals surface area contributed by atoms with E-state index < -0.39 is 0 Å². The molecule has 0 bridgehead atoms. The molecule has 2 fully saturated rings. The molecule has 1 heteroatoms. The van der Waals surface area contributed by atoms with Crippen molar-refractivity contribution in [2.75, 3.05) is 6.61 Å². The second kappa shape index (κ2) is 9.48. The molecule has 0 aromatic heterocycles. The van der Waals surface area contributed by atoms with Crippen LogP contribution < -0.4 is 4.74 Å². The lowest BCUT2D eigenvalue weighted by Crippen LogP contribution is -2.30. The van der Waals surface area contributed by atoms with E-state index in [-0.39, 0.29) is 0 Å². The molecule has 4 atom stereocenters. The Morgan fingerprint density at radius 1 is 0.862 bits per heavy atom. The van der Waals surface area contributed by atoms with Crippen molar-refractivity contribution in [3.8, 4) is 16.9 Å². The zero-order chi connectivity index (χ0) is 20.1. The van der Waals surface area contributed by atoms with Crippen molar-refractivity contribution in [2.24, 2.45) is 17.8 Å². The highest BCUT2D eigenvalue weighted by Crippen LogP contribution is 2.47. The Kier molecular flexibility index (Phi) is 6.54. The summed E-state index contributed by atoms with van der Waals surface area (Å²) in [4.78, 5) is 0. The molecule has 0 spiro atoms. The van der Waals surface area contributed by atoms with E-state index in [1.165, 1.54) is 55.2 Å². The van der Waals surface area contributed by atoms with Gasteiger partial charge in [0.05, 0.1) is 0 Å². The first-order valence-electron chi connectivity index (χ1n) is 11.3. The van der Waals surface area contributed by atoms with Crippen molar-refractivity contribution < 1.29 is 4.74 Å². The lowest BCUT2D eigenvalue weighted by Gasteiger charge is -2.41. The van der Waals surface area contributed by atoms with Gasteiger partial charge in [0.25, 0.3) is 0 Å². The molecule has 0 N–H and O–H groups in total. The van der Waals surface area contributed by atoms with Crippen molar-refractivity contribution >= 4 is 0 Å². The molecule has 0 aliphatic heterocycles. The molecule has 152 valence electrons. The van der Waals surface area contributed by atoms with Gasteiger partial charge in [-0.25, -0.2) is 0 Å². The van der Waals surface area contributed by atoms with Crippen LogP contribution in [0.1, 0.15) is 56.9 Å². The molecule has 29 heavy (non-hydrogen) atoms. The van der Waals surface area contributed by atoms with Gasteiger partial charge in [-0.2, -0.15) is 0 Å². The lowest BCUT2D eigenvalue weighted by molar-refractivity contribution is 0.133. The first kappa shape index (κ1) is 20.0. The molecule has 0 heterocycles. The summed E-state index contributed by atoms with van der Waals surface area (Å²) in [5, 5.41) is 0. The lowest BCUT2D eigenvalue weighted by atomic mass is 9.64. The number of hydrogen-bond donors (Lipinski definition) is 0. The van der Waals surface area contributed by atoms with Gasteiger partial charge >= 0.3 is 0 Å². The van der Waals surface area contributed by atoms with E-state index in [0.717, 1.165) is 29.4 Å². The number of hydrogen-bond acceptors (Lipinski definition) is 1. The van der Waals surface area contributed by atoms with Gasteiger partial charge in [-0.15, -0.1) is 0 Å². The largest absolute Gasteiger partial charge is 0.490 e. The van der Waals surface area contributed by atoms with Crippen molar-refractivity contribution in [2.45, 2.75) is 51.4 Å². The highest BCUT2D eigenvalue weighted by atomic mass is 16.5. The van der Waals surface area contributed by atoms with Gasteiger partial charge < -0.3 is 4.74 Å². The average molecular weight is 387 g/mol. The summed E-state index contributed by atoms with van der Waals surface area (Å²) < 4.78 is 5.59. The second-order valence-electron chi connectivity index (χ2n) is 8.88. The minimum absolute atomic E-state index is 0.549. The third-order valence-electron chi connectivity index (χ3n) is 7.06. The Bertz CT molecular complexity index is 814. The third-order valence-corrected chi connectivity index (χ3v) is 7.06. The monoisotopic (exact) mass is 386 g/mol. The van der Waals surface area contributed by atoms with Crippen LogP contribution in [0.5, 0.6) is 5.75 Å². The molecule has 2 saturated carbocycles. The van der Waals surface area contributed by atoms with Crippen LogP contribution >= 0.6 is 0 Å². The van der Waals surface area contributed by atoms with Gasteiger partial charge in [0, 0.05) is 0 Å². The van der Waals surface area contributed by atoms with Crippen LogP contribution in [0, 0.1) is 17.8 Å². The topological polar surface area (TPSA) is 9.23 Å². The van der Waals surface area contributed by atoms with Gasteiger partial charge in [-0.3, -0.25) is 0 Å². The molecule has 2 aliphatic carbocycles. The summed E-state index contributed by atoms with van der Waals surface area (Å²) in [5.41, 5.74) is 4.06. The van der Waals surface area contributed by atoms with Crippen LogP contribution in [0.4, 0.5) is 0 Å². The summed E-state index contributed by atoms with van der Waals surface area (Å²) in [6.45, 7) is 6.41. The van der Waals surface area contributed by atoms with E-state index in [1.807, 2.05) is 12.1 Å². The predicted molar refractivity (Wildman–Crippen MR) is 123 cm³/mol. The first-order chi connectivity index (χ1) is 14.3. The van der Waals surface area contributed by atoms with E-state index in [1.54, 1.807) is 6.08 Å². The number of benzene rings is 2. The number of fused-ring (bicyclic) bond motifs is 1. The van der Waals surface area contributed by atoms with E-state index in [9.17, 15) is 0 Å². The van der Waals surface area contributed by atoms with Gasteiger partial charge in [0.2, 0.25) is 0 Å². The third kappa shape index (κ3) is 4.83. The number of ether oxygens (including phenoxy) is 1. The summed E-state index contributed by atoms with van der Waals surface area (Å²) in [6.07, 6.45) is 14.9. The molecule has 4 rings (SSSR count). The Labute approximate surface area is 176 Å². The van der Waals surface area contributed by atoms with Crippen LogP contribution in [-0.2, 0) is 0 Å². The number of allylic oxidation sites excluding steroid dienone is 2. The minimum Gasteiger partial charge on any atom is -0.490 e. The molecule has 2 aliphatic rings. The highest BCUT2D eigenvalue weighted by Gasteiger charge is 2.35. The zero-order valence-corrected chi connectivity index (χ0v) is 17.7. The number of rotatable bonds is 6. The molecular formula is C28H34O. The van der Waals surface area contributed by atoms with Crippen LogP contribution in [-0.4, -0.2) is 6.61 Å². The maximum atomic E-state index is 5.59. The normalized spacial score (nSPS) is 26.8. The Hall–Kier alpha value is -2.28. The maximum absolute atomic E-state index is 5.59. The summed E-state index contributed by atoms with van der Waals surface area (Å²) in [5.74, 6) is 4.38. The van der Waals surface area contributed by atoms with Gasteiger partial charge in [0.15, 0.2) is 0 Å². The van der Waals surface area contributed by atoms with E-state index >= 15 is 0 Å². The fourth-order valence-electron chi connectivity index (χ4n) is 5.52. The quantitative estimate of drug-likeness (QED) is 0.460. The smallest absolute Gasteiger partial charge is 0.119 e. The van der Waals surface area contributed by atoms with E-state index in [4.69, 9.17) is 4.74 Å². The maximum Gasteiger partial charge on any atom is 0.119 e. The van der Waals surface area contributed by atoms with E-state index in [0.29, 0.717) is 6.61 Å². The predicted octanol–water partition coefficient (Wildman–Crippen LogP) is 7.79. The van der Waals surface area contributed by atoms with Crippen molar-refractivity contribution in [1.82, 2.24) is 0 Å². The van der Waals surface area contributed by atoms with Crippen LogP contribution in [0.15, 0.2) is 73.3 Å². The Morgan fingerprint density at radius 3 is 2.21 bits per heavy atom. The molecule has 0 radical (unpaired) electrons. The van der Waals surface area contributed by atoms with Crippen molar-refractivity contribution in [1.29, 1.82) is 0 Å². The molecule has 2 aromatic carbocycles. The fraction of sp³-hybridized carbons (Fsp3) is 0.429. The van der Waals surface area contributed by atoms with Gasteiger partial charge in [-0.05, 0) is 97.9 Å². The van der Waals surface area contributed by atoms with Gasteiger partial charge in [-0.1, -0.05) is 61.2 Å². The standard InChI is InChI=1S/C28H34O/c1-3-5-21-6-7-27-20-26(13-12-25(27)19-21)24-10-8-22(9-11-24)23-14-16-28(17-15-23)29-18-4-2/h3-5,8-11,14-17,21,25-27H,2,6-7,12-13,18-20H2,1H3/b5-3+.